The summed E-state index contributed by atoms with van der Waals surface area (Å²) in [6, 6.07) is 1.00. The summed E-state index contributed by atoms with van der Waals surface area (Å²) in [5, 5.41) is 14.8. The third kappa shape index (κ3) is 5.67. The molecule has 9 nitrogen and oxygen atoms in total. The number of rotatable bonds is 11. The van der Waals surface area contributed by atoms with Crippen LogP contribution in [0.25, 0.3) is 0 Å². The molecule has 3 unspecified atom stereocenters. The van der Waals surface area contributed by atoms with Crippen molar-refractivity contribution in [2.45, 2.75) is 84.0 Å². The maximum atomic E-state index is 13.1. The number of aliphatic hydroxyl groups is 1. The second-order valence-corrected chi connectivity index (χ2v) is 15.1. The fourth-order valence-electron chi connectivity index (χ4n) is 3.94. The number of ether oxygens (including phenoxy) is 1. The first-order chi connectivity index (χ1) is 15.7. The van der Waals surface area contributed by atoms with E-state index >= 15 is 0 Å². The summed E-state index contributed by atoms with van der Waals surface area (Å²) >= 11 is 0. The lowest BCUT2D eigenvalue weighted by molar-refractivity contribution is -0.195. The van der Waals surface area contributed by atoms with E-state index in [1.54, 1.807) is 17.8 Å². The number of ketones is 1. The highest BCUT2D eigenvalue weighted by Gasteiger charge is 2.56. The minimum absolute atomic E-state index is 0.0718. The summed E-state index contributed by atoms with van der Waals surface area (Å²) in [5.41, 5.74) is 1.20. The summed E-state index contributed by atoms with van der Waals surface area (Å²) in [7, 11) is -0.441. The van der Waals surface area contributed by atoms with Crippen LogP contribution < -0.4 is 0 Å². The van der Waals surface area contributed by atoms with Gasteiger partial charge in [0, 0.05) is 19.2 Å². The van der Waals surface area contributed by atoms with Crippen LogP contribution in [0, 0.1) is 5.92 Å². The van der Waals surface area contributed by atoms with E-state index in [2.05, 4.69) is 45.5 Å². The molecule has 1 aliphatic rings. The van der Waals surface area contributed by atoms with Gasteiger partial charge in [-0.15, -0.1) is 0 Å². The minimum atomic E-state index is -2.21. The van der Waals surface area contributed by atoms with Crippen molar-refractivity contribution >= 4 is 26.0 Å². The van der Waals surface area contributed by atoms with Crippen LogP contribution in [0.3, 0.4) is 0 Å². The number of carbonyl (C=O) groups is 3. The SMILES string of the molecule is C=CCOC(=O)C(O)N1C(=O)C([C@@H](C)O[Si](C)(C)C(C)(C)C)C1CC(=O)c1cc(CC)n(C)n1. The summed E-state index contributed by atoms with van der Waals surface area (Å²) in [4.78, 5) is 39.5. The Kier molecular flexibility index (Phi) is 8.65. The molecule has 1 fully saturated rings. The average molecular weight is 494 g/mol. The highest BCUT2D eigenvalue weighted by Crippen LogP contribution is 2.41. The largest absolute Gasteiger partial charge is 0.458 e. The van der Waals surface area contributed by atoms with Gasteiger partial charge in [0.2, 0.25) is 12.1 Å². The minimum Gasteiger partial charge on any atom is -0.458 e. The number of aliphatic hydroxyl groups excluding tert-OH is 1. The van der Waals surface area contributed by atoms with Crippen molar-refractivity contribution in [3.8, 4) is 0 Å². The monoisotopic (exact) mass is 493 g/mol. The zero-order valence-corrected chi connectivity index (χ0v) is 22.6. The van der Waals surface area contributed by atoms with Crippen molar-refractivity contribution in [3.05, 3.63) is 30.1 Å². The molecule has 1 aromatic heterocycles. The summed E-state index contributed by atoms with van der Waals surface area (Å²) in [5.74, 6) is -2.35. The number of Topliss-reactive ketones (excluding diaryl/α,β-unsaturated/α-hetero) is 1. The van der Waals surface area contributed by atoms with Crippen molar-refractivity contribution < 1.29 is 28.7 Å². The van der Waals surface area contributed by atoms with Crippen molar-refractivity contribution in [3.63, 3.8) is 0 Å². The number of carbonyl (C=O) groups excluding carboxylic acids is 3. The Hall–Kier alpha value is -2.30. The summed E-state index contributed by atoms with van der Waals surface area (Å²) in [6.45, 7) is 17.7. The lowest BCUT2D eigenvalue weighted by Crippen LogP contribution is -2.70. The number of nitrogens with zero attached hydrogens (tertiary/aromatic N) is 3. The topological polar surface area (TPSA) is 111 Å². The fraction of sp³-hybridized carbons (Fsp3) is 0.667. The second kappa shape index (κ2) is 10.5. The predicted octanol–water partition coefficient (Wildman–Crippen LogP) is 2.84. The van der Waals surface area contributed by atoms with Crippen molar-refractivity contribution in [2.75, 3.05) is 6.61 Å². The van der Waals surface area contributed by atoms with Gasteiger partial charge in [-0.1, -0.05) is 40.3 Å². The second-order valence-electron chi connectivity index (χ2n) is 10.3. The number of β-lactam (4-membered cyclic amide) rings is 1. The van der Waals surface area contributed by atoms with Gasteiger partial charge in [0.05, 0.1) is 18.1 Å². The maximum absolute atomic E-state index is 13.1. The van der Waals surface area contributed by atoms with Gasteiger partial charge in [-0.25, -0.2) is 4.79 Å². The summed E-state index contributed by atoms with van der Waals surface area (Å²) < 4.78 is 13.0. The van der Waals surface area contributed by atoms with Gasteiger partial charge >= 0.3 is 5.97 Å². The molecule has 34 heavy (non-hydrogen) atoms. The normalized spacial score (nSPS) is 20.5. The fourth-order valence-corrected chi connectivity index (χ4v) is 5.37. The van der Waals surface area contributed by atoms with E-state index in [9.17, 15) is 19.5 Å². The number of hydrogen-bond acceptors (Lipinski definition) is 7. The Morgan fingerprint density at radius 3 is 2.47 bits per heavy atom. The molecule has 1 aromatic rings. The van der Waals surface area contributed by atoms with E-state index in [4.69, 9.17) is 9.16 Å². The third-order valence-electron chi connectivity index (χ3n) is 6.94. The van der Waals surface area contributed by atoms with Crippen molar-refractivity contribution in [1.82, 2.24) is 14.7 Å². The highest BCUT2D eigenvalue weighted by molar-refractivity contribution is 6.74. The van der Waals surface area contributed by atoms with Crippen LogP contribution in [0.2, 0.25) is 18.1 Å². The molecule has 0 aromatic carbocycles. The van der Waals surface area contributed by atoms with Gasteiger partial charge in [0.15, 0.2) is 14.1 Å². The molecule has 10 heteroatoms. The van der Waals surface area contributed by atoms with Crippen molar-refractivity contribution in [2.24, 2.45) is 13.0 Å². The lowest BCUT2D eigenvalue weighted by atomic mass is 9.80. The molecule has 2 heterocycles. The highest BCUT2D eigenvalue weighted by atomic mass is 28.4. The molecule has 0 saturated carbocycles. The van der Waals surface area contributed by atoms with Gasteiger partial charge in [0.25, 0.3) is 0 Å². The van der Waals surface area contributed by atoms with Crippen LogP contribution in [0.4, 0.5) is 0 Å². The number of esters is 1. The Balaban J connectivity index is 2.31. The van der Waals surface area contributed by atoms with Crippen LogP contribution >= 0.6 is 0 Å². The van der Waals surface area contributed by atoms with E-state index in [1.807, 2.05) is 13.8 Å². The number of amides is 1. The molecule has 4 atom stereocenters. The molecule has 1 aliphatic heterocycles. The number of aromatic nitrogens is 2. The van der Waals surface area contributed by atoms with E-state index < -0.39 is 44.5 Å². The Morgan fingerprint density at radius 1 is 1.35 bits per heavy atom. The van der Waals surface area contributed by atoms with Gasteiger partial charge in [-0.05, 0) is 37.5 Å². The number of likely N-dealkylation sites (tertiary alicyclic amines) is 1. The van der Waals surface area contributed by atoms with Crippen LogP contribution in [0.15, 0.2) is 18.7 Å². The quantitative estimate of drug-likeness (QED) is 0.166. The zero-order valence-electron chi connectivity index (χ0n) is 21.6. The standard InChI is InChI=1S/C24H39N3O6Si/c1-10-12-32-23(31)22(30)27-18(14-19(28)17-13-16(11-2)26(7)25-17)20(21(27)29)15(3)33-34(8,9)24(4,5)6/h10,13,15,18,20,22,30H,1,11-12,14H2,2-9H3/t15-,18?,20?,22?/m1/s1. The molecule has 190 valence electrons. The molecule has 0 spiro atoms. The number of aryl methyl sites for hydroxylation is 2. The Labute approximate surface area is 203 Å². The average Bonchev–Trinajstić information content (AvgIpc) is 3.11. The van der Waals surface area contributed by atoms with E-state index in [0.717, 1.165) is 17.0 Å². The van der Waals surface area contributed by atoms with E-state index in [0.29, 0.717) is 5.69 Å². The van der Waals surface area contributed by atoms with Crippen LogP contribution in [0.5, 0.6) is 0 Å². The van der Waals surface area contributed by atoms with Crippen LogP contribution in [0.1, 0.15) is 57.2 Å². The van der Waals surface area contributed by atoms with Gasteiger partial charge in [-0.2, -0.15) is 5.10 Å². The molecule has 1 amide bonds. The van der Waals surface area contributed by atoms with Gasteiger partial charge < -0.3 is 19.2 Å². The molecule has 2 rings (SSSR count). The van der Waals surface area contributed by atoms with Crippen molar-refractivity contribution in [1.29, 1.82) is 0 Å². The van der Waals surface area contributed by atoms with E-state index in [1.165, 1.54) is 6.08 Å². The molecular weight excluding hydrogens is 454 g/mol. The number of hydrogen-bond donors (Lipinski definition) is 1. The predicted molar refractivity (Wildman–Crippen MR) is 131 cm³/mol. The van der Waals surface area contributed by atoms with Crippen LogP contribution in [-0.2, 0) is 32.2 Å². The molecular formula is C24H39N3O6Si. The molecule has 0 aliphatic carbocycles. The van der Waals surface area contributed by atoms with E-state index in [-0.39, 0.29) is 23.8 Å². The first-order valence-corrected chi connectivity index (χ1v) is 14.6. The first kappa shape index (κ1) is 27.9. The molecule has 1 N–H and O–H groups in total. The maximum Gasteiger partial charge on any atom is 0.356 e. The van der Waals surface area contributed by atoms with Gasteiger partial charge in [-0.3, -0.25) is 14.3 Å². The Morgan fingerprint density at radius 2 is 1.97 bits per heavy atom. The summed E-state index contributed by atoms with van der Waals surface area (Å²) in [6.07, 6.45) is -0.301. The smallest absolute Gasteiger partial charge is 0.356 e. The molecule has 0 radical (unpaired) electrons. The molecule has 1 saturated heterocycles. The van der Waals surface area contributed by atoms with Gasteiger partial charge in [0.1, 0.15) is 12.3 Å². The third-order valence-corrected chi connectivity index (χ3v) is 11.5. The first-order valence-electron chi connectivity index (χ1n) is 11.7. The zero-order chi connectivity index (χ0) is 26.0. The molecule has 0 bridgehead atoms. The van der Waals surface area contributed by atoms with Crippen LogP contribution in [-0.4, -0.2) is 70.7 Å². The lowest BCUT2D eigenvalue weighted by Gasteiger charge is -2.52. The Bertz CT molecular complexity index is 936.